The molecule has 10 aromatic rings. The Bertz CT molecular complexity index is 2340. The van der Waals surface area contributed by atoms with Gasteiger partial charge in [-0.05, 0) is 65.2 Å². The molecule has 0 atom stereocenters. The minimum atomic E-state index is 0. The van der Waals surface area contributed by atoms with Gasteiger partial charge in [0, 0.05) is 83.6 Å². The van der Waals surface area contributed by atoms with Gasteiger partial charge in [-0.15, -0.1) is 131 Å². The Balaban J connectivity index is 0.000000157. The van der Waals surface area contributed by atoms with E-state index in [2.05, 4.69) is 65.2 Å². The number of hydrogen-bond acceptors (Lipinski definition) is 7. The Morgan fingerprint density at radius 2 is 0.597 bits per heavy atom. The van der Waals surface area contributed by atoms with E-state index in [9.17, 15) is 0 Å². The van der Waals surface area contributed by atoms with E-state index in [1.165, 1.54) is 0 Å². The number of pyridine rings is 5. The molecule has 0 spiro atoms. The summed E-state index contributed by atoms with van der Waals surface area (Å²) < 4.78 is 0. The molecular formula is C53H37Ir2N7-4. The standard InChI is InChI=1S/C16H11N2.C15H10N3.2C11H8N.2Ir/c1-3-10-17-15(8-1)13-6-5-7-14(12-13)16-9-2-4-11-18-16;1-2-8-16-14(7-1)12-5-3-6-13(11-12)15-17-9-4-10-18-15;2*1-2-6-10(7-3-1)11-8-4-5-9-12-11;;/h1-6,8-12H;1-4,6-11H;2*1-6,8-9H;;/q4*-1;;. The van der Waals surface area contributed by atoms with Crippen molar-refractivity contribution in [3.05, 3.63) is 250 Å². The van der Waals surface area contributed by atoms with Crippen LogP contribution in [0.15, 0.2) is 225 Å². The first-order valence-electron chi connectivity index (χ1n) is 19.1. The van der Waals surface area contributed by atoms with Crippen molar-refractivity contribution in [1.29, 1.82) is 0 Å². The summed E-state index contributed by atoms with van der Waals surface area (Å²) in [5.41, 5.74) is 10.8. The van der Waals surface area contributed by atoms with Gasteiger partial charge in [-0.1, -0.05) is 65.7 Å². The normalized spacial score (nSPS) is 9.68. The Kier molecular flexibility index (Phi) is 19.0. The number of aromatic nitrogens is 7. The van der Waals surface area contributed by atoms with Crippen molar-refractivity contribution in [3.63, 3.8) is 0 Å². The minimum Gasteiger partial charge on any atom is -0.305 e. The molecule has 0 fully saturated rings. The maximum atomic E-state index is 4.35. The van der Waals surface area contributed by atoms with Crippen LogP contribution in [0.5, 0.6) is 0 Å². The molecule has 62 heavy (non-hydrogen) atoms. The number of rotatable bonds is 6. The number of nitrogens with zero attached hydrogens (tertiary/aromatic N) is 7. The van der Waals surface area contributed by atoms with E-state index in [0.717, 1.165) is 61.9 Å². The zero-order valence-corrected chi connectivity index (χ0v) is 37.9. The summed E-state index contributed by atoms with van der Waals surface area (Å²) in [5, 5.41) is 0. The maximum absolute atomic E-state index is 4.35. The summed E-state index contributed by atoms with van der Waals surface area (Å²) in [6, 6.07) is 71.2. The third kappa shape index (κ3) is 14.1. The van der Waals surface area contributed by atoms with Crippen LogP contribution in [-0.2, 0) is 40.2 Å². The Labute approximate surface area is 389 Å². The van der Waals surface area contributed by atoms with Gasteiger partial charge >= 0.3 is 0 Å². The largest absolute Gasteiger partial charge is 0.305 e. The van der Waals surface area contributed by atoms with Crippen LogP contribution in [0, 0.1) is 24.3 Å². The van der Waals surface area contributed by atoms with Gasteiger partial charge in [0.05, 0.1) is 5.69 Å². The molecule has 0 saturated carbocycles. The minimum absolute atomic E-state index is 0. The Hall–Kier alpha value is -6.99. The molecule has 0 amide bonds. The van der Waals surface area contributed by atoms with E-state index >= 15 is 0 Å². The van der Waals surface area contributed by atoms with Gasteiger partial charge in [-0.2, -0.15) is 0 Å². The molecule has 0 saturated heterocycles. The van der Waals surface area contributed by atoms with Gasteiger partial charge in [-0.3, -0.25) is 4.98 Å². The summed E-state index contributed by atoms with van der Waals surface area (Å²) in [4.78, 5) is 29.9. The van der Waals surface area contributed by atoms with Crippen molar-refractivity contribution in [2.45, 2.75) is 0 Å². The van der Waals surface area contributed by atoms with E-state index in [0.29, 0.717) is 5.82 Å². The van der Waals surface area contributed by atoms with Gasteiger partial charge in [0.25, 0.3) is 0 Å². The van der Waals surface area contributed by atoms with Crippen molar-refractivity contribution in [2.75, 3.05) is 0 Å². The topological polar surface area (TPSA) is 90.2 Å². The Morgan fingerprint density at radius 1 is 0.258 bits per heavy atom. The van der Waals surface area contributed by atoms with Gasteiger partial charge in [0.15, 0.2) is 0 Å². The van der Waals surface area contributed by atoms with Crippen molar-refractivity contribution in [1.82, 2.24) is 34.9 Å². The second-order valence-corrected chi connectivity index (χ2v) is 12.7. The second kappa shape index (κ2) is 25.6. The zero-order chi connectivity index (χ0) is 40.9. The monoisotopic (exact) mass is 1160 g/mol. The molecule has 2 radical (unpaired) electrons. The van der Waals surface area contributed by atoms with Crippen LogP contribution in [0.1, 0.15) is 0 Å². The van der Waals surface area contributed by atoms with Crippen LogP contribution in [0.4, 0.5) is 0 Å². The van der Waals surface area contributed by atoms with Gasteiger partial charge in [0.2, 0.25) is 0 Å². The van der Waals surface area contributed by atoms with Crippen molar-refractivity contribution >= 4 is 0 Å². The molecule has 0 aliphatic heterocycles. The molecule has 9 heteroatoms. The predicted octanol–water partition coefficient (Wildman–Crippen LogP) is 11.7. The molecule has 0 aliphatic rings. The average Bonchev–Trinajstić information content (AvgIpc) is 3.37. The first kappa shape index (κ1) is 46.1. The smallest absolute Gasteiger partial charge is 0.140 e. The third-order valence-electron chi connectivity index (χ3n) is 8.57. The molecule has 0 bridgehead atoms. The van der Waals surface area contributed by atoms with Crippen LogP contribution < -0.4 is 0 Å². The zero-order valence-electron chi connectivity index (χ0n) is 33.2. The SMILES string of the molecule is [Ir].[Ir].[c-]1ccc(-c2ccccn2)cc1-c1ccccn1.[c-]1ccc(-c2ncccn2)cc1-c1ccccn1.[c-]1ccccc1-c1ccccn1.[c-]1ccccc1-c1ccccn1. The summed E-state index contributed by atoms with van der Waals surface area (Å²) in [7, 11) is 0. The molecule has 6 heterocycles. The molecule has 4 aromatic carbocycles. The molecule has 7 nitrogen and oxygen atoms in total. The predicted molar refractivity (Wildman–Crippen MR) is 238 cm³/mol. The fourth-order valence-corrected chi connectivity index (χ4v) is 5.70. The van der Waals surface area contributed by atoms with E-state index in [1.807, 2.05) is 170 Å². The van der Waals surface area contributed by atoms with Crippen LogP contribution in [-0.4, -0.2) is 34.9 Å². The number of hydrogen-bond donors (Lipinski definition) is 0. The van der Waals surface area contributed by atoms with Crippen LogP contribution in [0.2, 0.25) is 0 Å². The van der Waals surface area contributed by atoms with Crippen LogP contribution >= 0.6 is 0 Å². The molecular weight excluding hydrogens is 1120 g/mol. The third-order valence-corrected chi connectivity index (χ3v) is 8.57. The van der Waals surface area contributed by atoms with Crippen molar-refractivity contribution in [2.24, 2.45) is 0 Å². The summed E-state index contributed by atoms with van der Waals surface area (Å²) in [6.07, 6.45) is 12.4. The van der Waals surface area contributed by atoms with Crippen LogP contribution in [0.25, 0.3) is 67.7 Å². The molecule has 0 N–H and O–H groups in total. The Morgan fingerprint density at radius 3 is 0.984 bits per heavy atom. The fourth-order valence-electron chi connectivity index (χ4n) is 5.70. The molecule has 10 rings (SSSR count). The first-order valence-corrected chi connectivity index (χ1v) is 19.1. The fraction of sp³-hybridized carbons (Fsp3) is 0. The average molecular weight is 1160 g/mol. The maximum Gasteiger partial charge on any atom is 0.140 e. The summed E-state index contributed by atoms with van der Waals surface area (Å²) >= 11 is 0. The number of benzene rings is 4. The van der Waals surface area contributed by atoms with Crippen LogP contribution in [0.3, 0.4) is 0 Å². The van der Waals surface area contributed by atoms with Crippen molar-refractivity contribution < 1.29 is 40.2 Å². The summed E-state index contributed by atoms with van der Waals surface area (Å²) in [5.74, 6) is 0.712. The van der Waals surface area contributed by atoms with E-state index in [4.69, 9.17) is 0 Å². The van der Waals surface area contributed by atoms with Gasteiger partial charge < -0.3 is 19.9 Å². The molecule has 306 valence electrons. The van der Waals surface area contributed by atoms with E-state index in [1.54, 1.807) is 49.4 Å². The quantitative estimate of drug-likeness (QED) is 0.153. The first-order chi connectivity index (χ1) is 29.8. The van der Waals surface area contributed by atoms with E-state index < -0.39 is 0 Å². The van der Waals surface area contributed by atoms with Crippen molar-refractivity contribution in [3.8, 4) is 67.7 Å². The van der Waals surface area contributed by atoms with E-state index in [-0.39, 0.29) is 40.2 Å². The van der Waals surface area contributed by atoms with Gasteiger partial charge in [-0.25, -0.2) is 9.97 Å². The van der Waals surface area contributed by atoms with Gasteiger partial charge in [0.1, 0.15) is 5.82 Å². The molecule has 0 aliphatic carbocycles. The second-order valence-electron chi connectivity index (χ2n) is 12.7. The molecule has 0 unspecified atom stereocenters. The molecule has 6 aromatic heterocycles. The summed E-state index contributed by atoms with van der Waals surface area (Å²) in [6.45, 7) is 0.